The number of hydrogen-bond acceptors (Lipinski definition) is 3. The van der Waals surface area contributed by atoms with Crippen LogP contribution in [0, 0.1) is 0 Å². The maximum absolute atomic E-state index is 12.0. The Morgan fingerprint density at radius 2 is 2.00 bits per heavy atom. The molecule has 3 nitrogen and oxygen atoms in total. The van der Waals surface area contributed by atoms with Crippen molar-refractivity contribution in [1.29, 1.82) is 0 Å². The van der Waals surface area contributed by atoms with E-state index in [4.69, 9.17) is 0 Å². The summed E-state index contributed by atoms with van der Waals surface area (Å²) in [6.45, 7) is 11.7. The van der Waals surface area contributed by atoms with Gasteiger partial charge in [0.1, 0.15) is 0 Å². The zero-order valence-corrected chi connectivity index (χ0v) is 15.4. The minimum Gasteiger partial charge on any atom is -0.372 e. The summed E-state index contributed by atoms with van der Waals surface area (Å²) in [5.74, 6) is 0.238. The molecule has 0 spiro atoms. The van der Waals surface area contributed by atoms with Crippen LogP contribution in [0.5, 0.6) is 0 Å². The fourth-order valence-electron chi connectivity index (χ4n) is 3.10. The first-order chi connectivity index (χ1) is 11.1. The normalized spacial score (nSPS) is 14.4. The maximum Gasteiger partial charge on any atom is 0.227 e. The predicted molar refractivity (Wildman–Crippen MR) is 101 cm³/mol. The van der Waals surface area contributed by atoms with Crippen molar-refractivity contribution in [2.45, 2.75) is 44.4 Å². The highest BCUT2D eigenvalue weighted by molar-refractivity contribution is 7.98. The van der Waals surface area contributed by atoms with Gasteiger partial charge in [-0.3, -0.25) is 4.79 Å². The molecule has 4 heteroatoms. The summed E-state index contributed by atoms with van der Waals surface area (Å²) in [5.41, 5.74) is 3.30. The van der Waals surface area contributed by atoms with Crippen molar-refractivity contribution in [1.82, 2.24) is 4.90 Å². The molecule has 2 rings (SSSR count). The zero-order valence-electron chi connectivity index (χ0n) is 14.6. The molecule has 0 radical (unpaired) electrons. The molecule has 1 aliphatic rings. The summed E-state index contributed by atoms with van der Waals surface area (Å²) in [5, 5.41) is 0. The third-order valence-corrected chi connectivity index (χ3v) is 5.03. The lowest BCUT2D eigenvalue weighted by Crippen LogP contribution is -2.25. The Morgan fingerprint density at radius 1 is 1.30 bits per heavy atom. The van der Waals surface area contributed by atoms with Gasteiger partial charge in [0.2, 0.25) is 5.91 Å². The second kappa shape index (κ2) is 8.44. The number of carbonyl (C=O) groups is 1. The molecule has 126 valence electrons. The summed E-state index contributed by atoms with van der Waals surface area (Å²) in [6, 6.07) is 6.34. The molecule has 0 N–H and O–H groups in total. The smallest absolute Gasteiger partial charge is 0.227 e. The summed E-state index contributed by atoms with van der Waals surface area (Å²) in [6.07, 6.45) is 5.96. The molecular weight excluding hydrogens is 304 g/mol. The summed E-state index contributed by atoms with van der Waals surface area (Å²) < 4.78 is 0. The number of nitrogens with zero attached hydrogens (tertiary/aromatic N) is 2. The number of anilines is 1. The maximum atomic E-state index is 12.0. The van der Waals surface area contributed by atoms with Gasteiger partial charge in [0, 0.05) is 47.9 Å². The van der Waals surface area contributed by atoms with Gasteiger partial charge in [-0.05, 0) is 43.7 Å². The van der Waals surface area contributed by atoms with Crippen LogP contribution in [0.3, 0.4) is 0 Å². The number of benzene rings is 1. The van der Waals surface area contributed by atoms with Gasteiger partial charge < -0.3 is 9.80 Å². The molecule has 1 heterocycles. The van der Waals surface area contributed by atoms with E-state index < -0.39 is 0 Å². The molecule has 0 saturated carbocycles. The van der Waals surface area contributed by atoms with E-state index in [0.29, 0.717) is 6.42 Å². The van der Waals surface area contributed by atoms with E-state index in [1.807, 2.05) is 4.90 Å². The van der Waals surface area contributed by atoms with Gasteiger partial charge in [0.15, 0.2) is 0 Å². The standard InChI is InChI=1S/C19H28N2OS/c1-5-11-20(12-6-2)15(3)17-10-9-16(14-18(17)23-4)21-13-7-8-19(21)22/h9-10,14H,3,5-8,11-13H2,1-2,4H3. The lowest BCUT2D eigenvalue weighted by molar-refractivity contribution is -0.117. The molecular formula is C19H28N2OS. The van der Waals surface area contributed by atoms with Gasteiger partial charge >= 0.3 is 0 Å². The predicted octanol–water partition coefficient (Wildman–Crippen LogP) is 4.63. The molecule has 1 fully saturated rings. The van der Waals surface area contributed by atoms with E-state index in [9.17, 15) is 4.79 Å². The van der Waals surface area contributed by atoms with Crippen LogP contribution < -0.4 is 4.90 Å². The Hall–Kier alpha value is -1.42. The average Bonchev–Trinajstić information content (AvgIpc) is 2.99. The molecule has 23 heavy (non-hydrogen) atoms. The van der Waals surface area contributed by atoms with E-state index in [2.05, 4.69) is 49.8 Å². The second-order valence-electron chi connectivity index (χ2n) is 5.97. The number of amides is 1. The zero-order chi connectivity index (χ0) is 16.8. The van der Waals surface area contributed by atoms with Crippen molar-refractivity contribution in [2.24, 2.45) is 0 Å². The van der Waals surface area contributed by atoms with Gasteiger partial charge in [-0.15, -0.1) is 11.8 Å². The Kier molecular flexibility index (Phi) is 6.58. The van der Waals surface area contributed by atoms with Crippen LogP contribution in [0.15, 0.2) is 29.7 Å². The van der Waals surface area contributed by atoms with Gasteiger partial charge in [-0.2, -0.15) is 0 Å². The minimum atomic E-state index is 0.238. The van der Waals surface area contributed by atoms with Crippen LogP contribution in [-0.4, -0.2) is 36.7 Å². The number of carbonyl (C=O) groups excluding carboxylic acids is 1. The molecule has 0 atom stereocenters. The molecule has 1 aliphatic heterocycles. The Labute approximate surface area is 144 Å². The monoisotopic (exact) mass is 332 g/mol. The number of hydrogen-bond donors (Lipinski definition) is 0. The first-order valence-electron chi connectivity index (χ1n) is 8.55. The summed E-state index contributed by atoms with van der Waals surface area (Å²) >= 11 is 1.73. The van der Waals surface area contributed by atoms with Gasteiger partial charge in [0.05, 0.1) is 0 Å². The third kappa shape index (κ3) is 4.11. The number of thioether (sulfide) groups is 1. The third-order valence-electron chi connectivity index (χ3n) is 4.25. The van der Waals surface area contributed by atoms with Crippen LogP contribution in [0.2, 0.25) is 0 Å². The van der Waals surface area contributed by atoms with Gasteiger partial charge in [-0.1, -0.05) is 20.4 Å². The topological polar surface area (TPSA) is 23.6 Å². The lowest BCUT2D eigenvalue weighted by Gasteiger charge is -2.28. The quantitative estimate of drug-likeness (QED) is 0.649. The fraction of sp³-hybridized carbons (Fsp3) is 0.526. The van der Waals surface area contributed by atoms with Crippen LogP contribution in [0.1, 0.15) is 45.1 Å². The van der Waals surface area contributed by atoms with Crippen LogP contribution >= 0.6 is 11.8 Å². The van der Waals surface area contributed by atoms with Crippen molar-refractivity contribution >= 4 is 29.1 Å². The second-order valence-corrected chi connectivity index (χ2v) is 6.82. The van der Waals surface area contributed by atoms with E-state index in [1.165, 1.54) is 10.5 Å². The van der Waals surface area contributed by atoms with Crippen molar-refractivity contribution in [3.05, 3.63) is 30.3 Å². The molecule has 0 aromatic heterocycles. The fourth-order valence-corrected chi connectivity index (χ4v) is 3.74. The Morgan fingerprint density at radius 3 is 2.52 bits per heavy atom. The van der Waals surface area contributed by atoms with Crippen molar-refractivity contribution < 1.29 is 4.79 Å². The largest absolute Gasteiger partial charge is 0.372 e. The molecule has 0 aliphatic carbocycles. The minimum absolute atomic E-state index is 0.238. The molecule has 0 unspecified atom stereocenters. The summed E-state index contributed by atoms with van der Waals surface area (Å²) in [4.78, 5) is 17.4. The van der Waals surface area contributed by atoms with Gasteiger partial charge in [-0.25, -0.2) is 0 Å². The molecule has 1 saturated heterocycles. The van der Waals surface area contributed by atoms with Crippen LogP contribution in [0.25, 0.3) is 5.70 Å². The van der Waals surface area contributed by atoms with Crippen molar-refractivity contribution in [3.63, 3.8) is 0 Å². The highest BCUT2D eigenvalue weighted by Crippen LogP contribution is 2.33. The first-order valence-corrected chi connectivity index (χ1v) is 9.77. The first kappa shape index (κ1) is 17.9. The number of rotatable bonds is 8. The molecule has 1 amide bonds. The Bertz CT molecular complexity index is 564. The SMILES string of the molecule is C=C(c1ccc(N2CCCC2=O)cc1SC)N(CCC)CCC. The van der Waals surface area contributed by atoms with Gasteiger partial charge in [0.25, 0.3) is 0 Å². The highest BCUT2D eigenvalue weighted by Gasteiger charge is 2.23. The van der Waals surface area contributed by atoms with Crippen molar-refractivity contribution in [2.75, 3.05) is 30.8 Å². The molecule has 1 aromatic rings. The molecule has 1 aromatic carbocycles. The Balaban J connectivity index is 2.28. The summed E-state index contributed by atoms with van der Waals surface area (Å²) in [7, 11) is 0. The average molecular weight is 333 g/mol. The van der Waals surface area contributed by atoms with E-state index in [-0.39, 0.29) is 5.91 Å². The van der Waals surface area contributed by atoms with Crippen molar-refractivity contribution in [3.8, 4) is 0 Å². The van der Waals surface area contributed by atoms with E-state index in [0.717, 1.165) is 50.3 Å². The van der Waals surface area contributed by atoms with E-state index in [1.54, 1.807) is 11.8 Å². The van der Waals surface area contributed by atoms with Crippen LogP contribution in [0.4, 0.5) is 5.69 Å². The van der Waals surface area contributed by atoms with Crippen LogP contribution in [-0.2, 0) is 4.79 Å². The highest BCUT2D eigenvalue weighted by atomic mass is 32.2. The van der Waals surface area contributed by atoms with E-state index >= 15 is 0 Å². The lowest BCUT2D eigenvalue weighted by atomic mass is 10.1. The molecule has 0 bridgehead atoms.